The van der Waals surface area contributed by atoms with Crippen molar-refractivity contribution in [2.75, 3.05) is 32.5 Å². The first-order valence-corrected chi connectivity index (χ1v) is 10.4. The Balaban J connectivity index is 1.57. The minimum atomic E-state index is -0.436. The highest BCUT2D eigenvalue weighted by Gasteiger charge is 2.46. The van der Waals surface area contributed by atoms with Gasteiger partial charge in [0.15, 0.2) is 11.5 Å². The summed E-state index contributed by atoms with van der Waals surface area (Å²) in [6.45, 7) is 1.62. The smallest absolute Gasteiger partial charge is 0.322 e. The standard InChI is InChI=1S/C22H24F2N6O/c1-28(2)22(31)26-20-11-25-19-8-7-17(27-30(19)20)21-15(12-29-9-3-4-18(21)29)14-10-13(23)5-6-16(14)24/h5-8,10-11,15,18,21H,3-4,9,12H2,1-2H3,(H,26,31)/t15?,18?,21-/m0/s1. The van der Waals surface area contributed by atoms with Crippen molar-refractivity contribution in [1.82, 2.24) is 24.4 Å². The fourth-order valence-electron chi connectivity index (χ4n) is 4.99. The van der Waals surface area contributed by atoms with Crippen LogP contribution in [0, 0.1) is 11.6 Å². The van der Waals surface area contributed by atoms with E-state index in [1.165, 1.54) is 17.0 Å². The Kier molecular flexibility index (Phi) is 4.85. The minimum absolute atomic E-state index is 0.0806. The average molecular weight is 426 g/mol. The number of anilines is 1. The van der Waals surface area contributed by atoms with E-state index in [0.29, 0.717) is 23.6 Å². The number of fused-ring (bicyclic) bond motifs is 2. The Morgan fingerprint density at radius 1 is 1.23 bits per heavy atom. The van der Waals surface area contributed by atoms with E-state index in [2.05, 4.69) is 15.2 Å². The van der Waals surface area contributed by atoms with Gasteiger partial charge < -0.3 is 4.90 Å². The van der Waals surface area contributed by atoms with Crippen LogP contribution in [-0.4, -0.2) is 63.7 Å². The van der Waals surface area contributed by atoms with Gasteiger partial charge in [-0.25, -0.2) is 18.6 Å². The summed E-state index contributed by atoms with van der Waals surface area (Å²) in [5.41, 5.74) is 1.79. The fraction of sp³-hybridized carbons (Fsp3) is 0.409. The number of benzene rings is 1. The number of carbonyl (C=O) groups excluding carboxylic acids is 1. The zero-order chi connectivity index (χ0) is 21.7. The molecule has 1 N–H and O–H groups in total. The number of carbonyl (C=O) groups is 1. The predicted molar refractivity (Wildman–Crippen MR) is 112 cm³/mol. The normalized spacial score (nSPS) is 23.3. The molecule has 3 atom stereocenters. The molecule has 2 aromatic heterocycles. The van der Waals surface area contributed by atoms with E-state index in [1.54, 1.807) is 24.8 Å². The molecule has 3 aromatic rings. The number of imidazole rings is 1. The summed E-state index contributed by atoms with van der Waals surface area (Å²) in [6.07, 6.45) is 3.64. The Hall–Kier alpha value is -3.07. The molecule has 2 aliphatic rings. The van der Waals surface area contributed by atoms with E-state index in [-0.39, 0.29) is 29.7 Å². The first kappa shape index (κ1) is 19.9. The third-order valence-corrected chi connectivity index (χ3v) is 6.42. The maximum absolute atomic E-state index is 14.7. The molecule has 5 rings (SSSR count). The highest BCUT2D eigenvalue weighted by Crippen LogP contribution is 2.48. The predicted octanol–water partition coefficient (Wildman–Crippen LogP) is 3.45. The molecule has 2 fully saturated rings. The molecule has 4 heterocycles. The van der Waals surface area contributed by atoms with Crippen LogP contribution in [0.1, 0.15) is 35.9 Å². The molecule has 7 nitrogen and oxygen atoms in total. The summed E-state index contributed by atoms with van der Waals surface area (Å²) in [5, 5.41) is 7.59. The van der Waals surface area contributed by atoms with E-state index in [0.717, 1.165) is 31.1 Å². The van der Waals surface area contributed by atoms with Crippen molar-refractivity contribution in [3.63, 3.8) is 0 Å². The van der Waals surface area contributed by atoms with Crippen LogP contribution in [0.15, 0.2) is 36.5 Å². The van der Waals surface area contributed by atoms with Crippen LogP contribution in [-0.2, 0) is 0 Å². The quantitative estimate of drug-likeness (QED) is 0.697. The monoisotopic (exact) mass is 426 g/mol. The van der Waals surface area contributed by atoms with Crippen molar-refractivity contribution in [3.8, 4) is 0 Å². The number of hydrogen-bond donors (Lipinski definition) is 1. The second-order valence-corrected chi connectivity index (χ2v) is 8.50. The van der Waals surface area contributed by atoms with Crippen LogP contribution < -0.4 is 5.32 Å². The molecule has 31 heavy (non-hydrogen) atoms. The maximum Gasteiger partial charge on any atom is 0.322 e. The first-order valence-electron chi connectivity index (χ1n) is 10.4. The summed E-state index contributed by atoms with van der Waals surface area (Å²) in [6, 6.07) is 7.37. The Morgan fingerprint density at radius 2 is 2.06 bits per heavy atom. The third kappa shape index (κ3) is 3.42. The molecule has 2 amide bonds. The fourth-order valence-corrected chi connectivity index (χ4v) is 4.99. The molecule has 2 saturated heterocycles. The van der Waals surface area contributed by atoms with Gasteiger partial charge in [-0.3, -0.25) is 10.2 Å². The van der Waals surface area contributed by atoms with Crippen LogP contribution in [0.3, 0.4) is 0 Å². The first-order chi connectivity index (χ1) is 14.9. The van der Waals surface area contributed by atoms with E-state index >= 15 is 0 Å². The van der Waals surface area contributed by atoms with Crippen molar-refractivity contribution in [2.24, 2.45) is 0 Å². The summed E-state index contributed by atoms with van der Waals surface area (Å²) in [4.78, 5) is 20.2. The summed E-state index contributed by atoms with van der Waals surface area (Å²) >= 11 is 0. The molecule has 0 saturated carbocycles. The zero-order valence-electron chi connectivity index (χ0n) is 17.4. The molecule has 0 radical (unpaired) electrons. The highest BCUT2D eigenvalue weighted by atomic mass is 19.1. The number of rotatable bonds is 3. The van der Waals surface area contributed by atoms with Gasteiger partial charge in [-0.15, -0.1) is 0 Å². The third-order valence-electron chi connectivity index (χ3n) is 6.42. The zero-order valence-corrected chi connectivity index (χ0v) is 17.4. The number of nitrogens with zero attached hydrogens (tertiary/aromatic N) is 5. The van der Waals surface area contributed by atoms with Crippen LogP contribution in [0.2, 0.25) is 0 Å². The van der Waals surface area contributed by atoms with Crippen molar-refractivity contribution in [2.45, 2.75) is 30.7 Å². The van der Waals surface area contributed by atoms with E-state index < -0.39 is 5.82 Å². The van der Waals surface area contributed by atoms with Gasteiger partial charge in [-0.1, -0.05) is 0 Å². The number of nitrogens with one attached hydrogen (secondary N) is 1. The molecular weight excluding hydrogens is 402 g/mol. The molecule has 0 spiro atoms. The molecule has 162 valence electrons. The number of urea groups is 1. The van der Waals surface area contributed by atoms with E-state index in [4.69, 9.17) is 5.10 Å². The molecule has 2 aliphatic heterocycles. The maximum atomic E-state index is 14.7. The van der Waals surface area contributed by atoms with Crippen molar-refractivity contribution < 1.29 is 13.6 Å². The molecule has 0 aliphatic carbocycles. The van der Waals surface area contributed by atoms with Gasteiger partial charge in [0, 0.05) is 38.5 Å². The summed E-state index contributed by atoms with van der Waals surface area (Å²) < 4.78 is 30.3. The van der Waals surface area contributed by atoms with Crippen LogP contribution >= 0.6 is 0 Å². The van der Waals surface area contributed by atoms with Gasteiger partial charge in [0.05, 0.1) is 11.9 Å². The number of halogens is 2. The molecular formula is C22H24F2N6O. The van der Waals surface area contributed by atoms with Crippen molar-refractivity contribution >= 4 is 17.5 Å². The molecule has 1 aromatic carbocycles. The highest BCUT2D eigenvalue weighted by molar-refractivity contribution is 5.88. The van der Waals surface area contributed by atoms with Gasteiger partial charge in [0.1, 0.15) is 11.6 Å². The van der Waals surface area contributed by atoms with Gasteiger partial charge >= 0.3 is 6.03 Å². The SMILES string of the molecule is CN(C)C(=O)Nc1cnc2ccc([C@@H]3C(c4cc(F)ccc4F)CN4CCCC34)nn12. The second-order valence-electron chi connectivity index (χ2n) is 8.50. The Labute approximate surface area is 178 Å². The number of amides is 2. The van der Waals surface area contributed by atoms with Crippen molar-refractivity contribution in [3.05, 3.63) is 59.4 Å². The summed E-state index contributed by atoms with van der Waals surface area (Å²) in [7, 11) is 3.31. The number of hydrogen-bond acceptors (Lipinski definition) is 4. The van der Waals surface area contributed by atoms with Crippen LogP contribution in [0.25, 0.3) is 5.65 Å². The summed E-state index contributed by atoms with van der Waals surface area (Å²) in [5.74, 6) is -0.642. The topological polar surface area (TPSA) is 65.8 Å². The van der Waals surface area contributed by atoms with Crippen LogP contribution in [0.4, 0.5) is 19.4 Å². The minimum Gasteiger partial charge on any atom is -0.331 e. The van der Waals surface area contributed by atoms with Crippen molar-refractivity contribution in [1.29, 1.82) is 0 Å². The lowest BCUT2D eigenvalue weighted by molar-refractivity contribution is 0.230. The molecule has 0 bridgehead atoms. The van der Waals surface area contributed by atoms with E-state index in [1.807, 2.05) is 12.1 Å². The van der Waals surface area contributed by atoms with E-state index in [9.17, 15) is 13.6 Å². The second kappa shape index (κ2) is 7.56. The lowest BCUT2D eigenvalue weighted by Gasteiger charge is -2.24. The largest absolute Gasteiger partial charge is 0.331 e. The Morgan fingerprint density at radius 3 is 2.87 bits per heavy atom. The number of aromatic nitrogens is 3. The lowest BCUT2D eigenvalue weighted by Crippen LogP contribution is -2.28. The van der Waals surface area contributed by atoms with Gasteiger partial charge in [-0.2, -0.15) is 9.61 Å². The Bertz CT molecular complexity index is 1150. The lowest BCUT2D eigenvalue weighted by atomic mass is 9.81. The molecule has 9 heteroatoms. The van der Waals surface area contributed by atoms with Gasteiger partial charge in [-0.05, 0) is 55.3 Å². The molecule has 2 unspecified atom stereocenters. The van der Waals surface area contributed by atoms with Gasteiger partial charge in [0.25, 0.3) is 0 Å². The van der Waals surface area contributed by atoms with Crippen LogP contribution in [0.5, 0.6) is 0 Å². The average Bonchev–Trinajstić information content (AvgIpc) is 3.44. The van der Waals surface area contributed by atoms with Gasteiger partial charge in [0.2, 0.25) is 0 Å².